The van der Waals surface area contributed by atoms with Crippen molar-refractivity contribution in [2.24, 2.45) is 0 Å². The number of thioether (sulfide) groups is 1. The highest BCUT2D eigenvalue weighted by atomic mass is 32.2. The molecule has 0 unspecified atom stereocenters. The molecule has 26 heavy (non-hydrogen) atoms. The largest absolute Gasteiger partial charge is 0.494 e. The summed E-state index contributed by atoms with van der Waals surface area (Å²) in [6.07, 6.45) is 0. The zero-order chi connectivity index (χ0) is 18.1. The third-order valence-corrected chi connectivity index (χ3v) is 4.81. The van der Waals surface area contributed by atoms with Gasteiger partial charge in [0.15, 0.2) is 5.16 Å². The lowest BCUT2D eigenvalue weighted by molar-refractivity contribution is 0.0722. The molecule has 0 aliphatic carbocycles. The Balaban J connectivity index is 1.60. The SMILES string of the molecule is CCOc1ccc2nc(SCc3nc4ccccc4n3C(F)F)[nH]c2c1. The van der Waals surface area contributed by atoms with Crippen LogP contribution in [-0.2, 0) is 5.75 Å². The Morgan fingerprint density at radius 2 is 2.00 bits per heavy atom. The van der Waals surface area contributed by atoms with Gasteiger partial charge in [-0.15, -0.1) is 0 Å². The number of hydrogen-bond donors (Lipinski definition) is 1. The summed E-state index contributed by atoms with van der Waals surface area (Å²) in [5.41, 5.74) is 2.65. The predicted octanol–water partition coefficient (Wildman–Crippen LogP) is 5.00. The fourth-order valence-corrected chi connectivity index (χ4v) is 3.65. The third kappa shape index (κ3) is 3.12. The van der Waals surface area contributed by atoms with Crippen LogP contribution in [0.1, 0.15) is 19.3 Å². The van der Waals surface area contributed by atoms with Gasteiger partial charge in [0.05, 0.1) is 34.4 Å². The fourth-order valence-electron chi connectivity index (χ4n) is 2.84. The van der Waals surface area contributed by atoms with Crippen LogP contribution in [0.15, 0.2) is 47.6 Å². The average Bonchev–Trinajstić information content (AvgIpc) is 3.20. The molecule has 0 radical (unpaired) electrons. The molecule has 2 aromatic heterocycles. The molecule has 0 spiro atoms. The normalized spacial score (nSPS) is 11.7. The van der Waals surface area contributed by atoms with Crippen molar-refractivity contribution in [2.75, 3.05) is 6.61 Å². The number of benzene rings is 2. The zero-order valence-corrected chi connectivity index (χ0v) is 14.8. The van der Waals surface area contributed by atoms with E-state index in [9.17, 15) is 8.78 Å². The third-order valence-electron chi connectivity index (χ3n) is 3.94. The van der Waals surface area contributed by atoms with Crippen molar-refractivity contribution in [3.8, 4) is 5.75 Å². The van der Waals surface area contributed by atoms with E-state index >= 15 is 0 Å². The molecule has 4 rings (SSSR count). The van der Waals surface area contributed by atoms with E-state index < -0.39 is 6.55 Å². The number of ether oxygens (including phenoxy) is 1. The van der Waals surface area contributed by atoms with Gasteiger partial charge in [-0.1, -0.05) is 23.9 Å². The van der Waals surface area contributed by atoms with Gasteiger partial charge < -0.3 is 9.72 Å². The number of fused-ring (bicyclic) bond motifs is 2. The van der Waals surface area contributed by atoms with Crippen molar-refractivity contribution in [3.05, 3.63) is 48.3 Å². The first kappa shape index (κ1) is 16.8. The van der Waals surface area contributed by atoms with Crippen LogP contribution in [-0.4, -0.2) is 26.1 Å². The van der Waals surface area contributed by atoms with Crippen LogP contribution in [0.25, 0.3) is 22.1 Å². The maximum Gasteiger partial charge on any atom is 0.320 e. The van der Waals surface area contributed by atoms with Crippen LogP contribution >= 0.6 is 11.8 Å². The van der Waals surface area contributed by atoms with Crippen molar-refractivity contribution in [3.63, 3.8) is 0 Å². The summed E-state index contributed by atoms with van der Waals surface area (Å²) >= 11 is 1.34. The number of rotatable bonds is 6. The molecule has 0 atom stereocenters. The van der Waals surface area contributed by atoms with Crippen LogP contribution in [0.2, 0.25) is 0 Å². The van der Waals surface area contributed by atoms with E-state index in [0.717, 1.165) is 21.4 Å². The van der Waals surface area contributed by atoms with E-state index in [1.165, 1.54) is 11.8 Å². The molecule has 0 saturated heterocycles. The van der Waals surface area contributed by atoms with Crippen molar-refractivity contribution in [2.45, 2.75) is 24.4 Å². The number of H-pyrrole nitrogens is 1. The number of imidazole rings is 2. The molecule has 1 N–H and O–H groups in total. The molecule has 134 valence electrons. The molecule has 0 fully saturated rings. The van der Waals surface area contributed by atoms with Crippen LogP contribution in [0.3, 0.4) is 0 Å². The Morgan fingerprint density at radius 3 is 2.81 bits per heavy atom. The van der Waals surface area contributed by atoms with E-state index in [1.54, 1.807) is 24.3 Å². The number of para-hydroxylation sites is 2. The van der Waals surface area contributed by atoms with Crippen LogP contribution in [0.4, 0.5) is 8.78 Å². The van der Waals surface area contributed by atoms with Gasteiger partial charge in [0.1, 0.15) is 11.6 Å². The molecule has 0 saturated carbocycles. The highest BCUT2D eigenvalue weighted by Gasteiger charge is 2.18. The first-order chi connectivity index (χ1) is 12.7. The maximum absolute atomic E-state index is 13.5. The second kappa shape index (κ2) is 6.95. The van der Waals surface area contributed by atoms with Gasteiger partial charge in [-0.05, 0) is 31.2 Å². The number of alkyl halides is 2. The van der Waals surface area contributed by atoms with Gasteiger partial charge in [-0.25, -0.2) is 9.97 Å². The summed E-state index contributed by atoms with van der Waals surface area (Å²) in [4.78, 5) is 12.0. The van der Waals surface area contributed by atoms with Crippen LogP contribution in [0.5, 0.6) is 5.75 Å². The molecular weight excluding hydrogens is 358 g/mol. The standard InChI is InChI=1S/C18H16F2N4OS/c1-2-25-11-7-8-12-14(9-11)23-18(22-12)26-10-16-21-13-5-3-4-6-15(13)24(16)17(19)20/h3-9,17H,2,10H2,1H3,(H,22,23). The minimum Gasteiger partial charge on any atom is -0.494 e. The summed E-state index contributed by atoms with van der Waals surface area (Å²) < 4.78 is 33.4. The van der Waals surface area contributed by atoms with Gasteiger partial charge in [0, 0.05) is 6.07 Å². The van der Waals surface area contributed by atoms with E-state index in [0.29, 0.717) is 28.6 Å². The second-order valence-electron chi connectivity index (χ2n) is 5.61. The Kier molecular flexibility index (Phi) is 4.50. The molecule has 8 heteroatoms. The fraction of sp³-hybridized carbons (Fsp3) is 0.222. The smallest absolute Gasteiger partial charge is 0.320 e. The number of nitrogens with zero attached hydrogens (tertiary/aromatic N) is 3. The first-order valence-corrected chi connectivity index (χ1v) is 9.13. The zero-order valence-electron chi connectivity index (χ0n) is 13.9. The molecule has 0 aliphatic rings. The second-order valence-corrected chi connectivity index (χ2v) is 6.57. The lowest BCUT2D eigenvalue weighted by atomic mass is 10.3. The average molecular weight is 374 g/mol. The Morgan fingerprint density at radius 1 is 1.15 bits per heavy atom. The van der Waals surface area contributed by atoms with Gasteiger partial charge in [0.2, 0.25) is 0 Å². The first-order valence-electron chi connectivity index (χ1n) is 8.15. The summed E-state index contributed by atoms with van der Waals surface area (Å²) in [5, 5.41) is 0.654. The summed E-state index contributed by atoms with van der Waals surface area (Å²) in [6, 6.07) is 12.5. The number of aromatic nitrogens is 4. The quantitative estimate of drug-likeness (QED) is 0.483. The van der Waals surface area contributed by atoms with Gasteiger partial charge >= 0.3 is 6.55 Å². The van der Waals surface area contributed by atoms with Crippen LogP contribution < -0.4 is 4.74 Å². The van der Waals surface area contributed by atoms with Crippen molar-refractivity contribution < 1.29 is 13.5 Å². The summed E-state index contributed by atoms with van der Waals surface area (Å²) in [5.74, 6) is 1.37. The highest BCUT2D eigenvalue weighted by molar-refractivity contribution is 7.98. The van der Waals surface area contributed by atoms with Crippen LogP contribution in [0, 0.1) is 0 Å². The molecule has 2 heterocycles. The van der Waals surface area contributed by atoms with Crippen molar-refractivity contribution in [1.82, 2.24) is 19.5 Å². The van der Waals surface area contributed by atoms with Gasteiger partial charge in [0.25, 0.3) is 0 Å². The highest BCUT2D eigenvalue weighted by Crippen LogP contribution is 2.29. The van der Waals surface area contributed by atoms with Crippen molar-refractivity contribution in [1.29, 1.82) is 0 Å². The lowest BCUT2D eigenvalue weighted by Gasteiger charge is -2.06. The topological polar surface area (TPSA) is 55.7 Å². The molecule has 5 nitrogen and oxygen atoms in total. The number of hydrogen-bond acceptors (Lipinski definition) is 4. The van der Waals surface area contributed by atoms with Crippen molar-refractivity contribution >= 4 is 33.8 Å². The lowest BCUT2D eigenvalue weighted by Crippen LogP contribution is -2.03. The minimum atomic E-state index is -2.64. The molecule has 0 amide bonds. The number of halogens is 2. The van der Waals surface area contributed by atoms with E-state index in [4.69, 9.17) is 4.74 Å². The van der Waals surface area contributed by atoms with Gasteiger partial charge in [-0.2, -0.15) is 8.78 Å². The van der Waals surface area contributed by atoms with E-state index in [2.05, 4.69) is 15.0 Å². The summed E-state index contributed by atoms with van der Waals surface area (Å²) in [6.45, 7) is -0.124. The minimum absolute atomic E-state index is 0.289. The predicted molar refractivity (Wildman–Crippen MR) is 97.8 cm³/mol. The molecule has 2 aromatic carbocycles. The molecule has 0 bridgehead atoms. The monoisotopic (exact) mass is 374 g/mol. The number of nitrogens with one attached hydrogen (secondary N) is 1. The molecule has 4 aromatic rings. The molecule has 0 aliphatic heterocycles. The van der Waals surface area contributed by atoms with E-state index in [1.807, 2.05) is 25.1 Å². The Labute approximate surface area is 152 Å². The Hall–Kier alpha value is -2.61. The maximum atomic E-state index is 13.5. The number of aromatic amines is 1. The summed E-state index contributed by atoms with van der Waals surface area (Å²) in [7, 11) is 0. The van der Waals surface area contributed by atoms with Gasteiger partial charge in [-0.3, -0.25) is 4.57 Å². The van der Waals surface area contributed by atoms with E-state index in [-0.39, 0.29) is 5.75 Å². The molecular formula is C18H16F2N4OS. The Bertz CT molecular complexity index is 1060.